The van der Waals surface area contributed by atoms with Gasteiger partial charge in [-0.2, -0.15) is 0 Å². The van der Waals surface area contributed by atoms with Crippen LogP contribution in [0.2, 0.25) is 5.02 Å². The predicted molar refractivity (Wildman–Crippen MR) is 91.5 cm³/mol. The number of carbonyl (C=O) groups excluding carboxylic acids is 1. The topological polar surface area (TPSA) is 32.3 Å². The molecule has 1 fully saturated rings. The molecule has 1 N–H and O–H groups in total. The second kappa shape index (κ2) is 6.84. The quantitative estimate of drug-likeness (QED) is 0.921. The number of nitrogens with one attached hydrogen (secondary N) is 1. The van der Waals surface area contributed by atoms with E-state index in [9.17, 15) is 4.79 Å². The standard InChI is InChI=1S/C18H19ClN2O/c19-16-8-4-5-9-17(16)20-18(22)14-10-12-21(13-11-14)15-6-2-1-3-7-15/h1-9,14H,10-13H2,(H,20,22). The summed E-state index contributed by atoms with van der Waals surface area (Å²) in [5.41, 5.74) is 1.92. The number of rotatable bonds is 3. The molecule has 0 atom stereocenters. The van der Waals surface area contributed by atoms with Crippen LogP contribution in [0.3, 0.4) is 0 Å². The molecule has 3 rings (SSSR count). The van der Waals surface area contributed by atoms with E-state index in [0.717, 1.165) is 25.9 Å². The lowest BCUT2D eigenvalue weighted by Crippen LogP contribution is -2.38. The predicted octanol–water partition coefficient (Wildman–Crippen LogP) is 4.20. The van der Waals surface area contributed by atoms with E-state index >= 15 is 0 Å². The Balaban J connectivity index is 1.57. The van der Waals surface area contributed by atoms with Crippen LogP contribution >= 0.6 is 11.6 Å². The summed E-state index contributed by atoms with van der Waals surface area (Å²) in [5.74, 6) is 0.122. The van der Waals surface area contributed by atoms with Crippen molar-refractivity contribution in [2.45, 2.75) is 12.8 Å². The number of para-hydroxylation sites is 2. The van der Waals surface area contributed by atoms with Crippen molar-refractivity contribution in [1.29, 1.82) is 0 Å². The van der Waals surface area contributed by atoms with E-state index in [1.165, 1.54) is 5.69 Å². The summed E-state index contributed by atoms with van der Waals surface area (Å²) >= 11 is 6.09. The fourth-order valence-corrected chi connectivity index (χ4v) is 3.02. The first-order valence-corrected chi connectivity index (χ1v) is 7.97. The van der Waals surface area contributed by atoms with Gasteiger partial charge in [0.15, 0.2) is 0 Å². The highest BCUT2D eigenvalue weighted by atomic mass is 35.5. The fourth-order valence-electron chi connectivity index (χ4n) is 2.84. The average molecular weight is 315 g/mol. The van der Waals surface area contributed by atoms with Crippen LogP contribution in [0, 0.1) is 5.92 Å². The van der Waals surface area contributed by atoms with Gasteiger partial charge in [-0.05, 0) is 37.1 Å². The number of nitrogens with zero attached hydrogens (tertiary/aromatic N) is 1. The Hall–Kier alpha value is -2.00. The van der Waals surface area contributed by atoms with Gasteiger partial charge in [0.25, 0.3) is 0 Å². The van der Waals surface area contributed by atoms with E-state index in [1.807, 2.05) is 36.4 Å². The van der Waals surface area contributed by atoms with Gasteiger partial charge in [0.2, 0.25) is 5.91 Å². The van der Waals surface area contributed by atoms with Crippen molar-refractivity contribution in [2.75, 3.05) is 23.3 Å². The molecule has 0 aliphatic carbocycles. The van der Waals surface area contributed by atoms with Gasteiger partial charge in [0.05, 0.1) is 10.7 Å². The zero-order valence-electron chi connectivity index (χ0n) is 12.3. The molecule has 4 heteroatoms. The lowest BCUT2D eigenvalue weighted by atomic mass is 9.95. The molecule has 0 spiro atoms. The highest BCUT2D eigenvalue weighted by Crippen LogP contribution is 2.26. The van der Waals surface area contributed by atoms with Gasteiger partial charge >= 0.3 is 0 Å². The highest BCUT2D eigenvalue weighted by molar-refractivity contribution is 6.33. The van der Waals surface area contributed by atoms with E-state index in [-0.39, 0.29) is 11.8 Å². The number of carbonyl (C=O) groups is 1. The van der Waals surface area contributed by atoms with Gasteiger partial charge < -0.3 is 10.2 Å². The normalized spacial score (nSPS) is 15.6. The van der Waals surface area contributed by atoms with E-state index < -0.39 is 0 Å². The van der Waals surface area contributed by atoms with Gasteiger partial charge in [0.1, 0.15) is 0 Å². The number of amides is 1. The summed E-state index contributed by atoms with van der Waals surface area (Å²) in [5, 5.41) is 3.53. The molecule has 3 nitrogen and oxygen atoms in total. The summed E-state index contributed by atoms with van der Waals surface area (Å²) in [6.07, 6.45) is 1.73. The summed E-state index contributed by atoms with van der Waals surface area (Å²) in [6.45, 7) is 1.81. The Kier molecular flexibility index (Phi) is 4.64. The lowest BCUT2D eigenvalue weighted by Gasteiger charge is -2.33. The molecule has 2 aromatic carbocycles. The monoisotopic (exact) mass is 314 g/mol. The minimum Gasteiger partial charge on any atom is -0.371 e. The van der Waals surface area contributed by atoms with Crippen LogP contribution in [0.4, 0.5) is 11.4 Å². The number of piperidine rings is 1. The van der Waals surface area contributed by atoms with Crippen molar-refractivity contribution in [1.82, 2.24) is 0 Å². The first-order chi connectivity index (χ1) is 10.7. The maximum atomic E-state index is 12.4. The highest BCUT2D eigenvalue weighted by Gasteiger charge is 2.25. The molecular weight excluding hydrogens is 296 g/mol. The van der Waals surface area contributed by atoms with Crippen molar-refractivity contribution in [3.63, 3.8) is 0 Å². The molecule has 0 saturated carbocycles. The zero-order valence-corrected chi connectivity index (χ0v) is 13.1. The van der Waals surface area contributed by atoms with Gasteiger partial charge in [-0.3, -0.25) is 4.79 Å². The van der Waals surface area contributed by atoms with Crippen molar-refractivity contribution in [3.05, 3.63) is 59.6 Å². The minimum atomic E-state index is 0.0521. The van der Waals surface area contributed by atoms with Crippen molar-refractivity contribution < 1.29 is 4.79 Å². The third-order valence-corrected chi connectivity index (χ3v) is 4.45. The van der Waals surface area contributed by atoms with E-state index in [2.05, 4.69) is 22.3 Å². The first-order valence-electron chi connectivity index (χ1n) is 7.59. The molecule has 1 heterocycles. The second-order valence-electron chi connectivity index (χ2n) is 5.57. The van der Waals surface area contributed by atoms with Gasteiger partial charge in [-0.25, -0.2) is 0 Å². The van der Waals surface area contributed by atoms with Gasteiger partial charge in [-0.15, -0.1) is 0 Å². The molecule has 1 aliphatic rings. The smallest absolute Gasteiger partial charge is 0.227 e. The fraction of sp³-hybridized carbons (Fsp3) is 0.278. The molecule has 0 unspecified atom stereocenters. The van der Waals surface area contributed by atoms with E-state index in [1.54, 1.807) is 6.07 Å². The number of hydrogen-bond donors (Lipinski definition) is 1. The molecule has 0 bridgehead atoms. The Morgan fingerprint density at radius 1 is 1.00 bits per heavy atom. The maximum absolute atomic E-state index is 12.4. The van der Waals surface area contributed by atoms with Crippen LogP contribution in [0.15, 0.2) is 54.6 Å². The van der Waals surface area contributed by atoms with Crippen LogP contribution in [-0.4, -0.2) is 19.0 Å². The number of halogens is 1. The molecular formula is C18H19ClN2O. The Labute approximate surface area is 135 Å². The third-order valence-electron chi connectivity index (χ3n) is 4.12. The molecule has 2 aromatic rings. The molecule has 114 valence electrons. The SMILES string of the molecule is O=C(Nc1ccccc1Cl)C1CCN(c2ccccc2)CC1. The summed E-state index contributed by atoms with van der Waals surface area (Å²) in [4.78, 5) is 14.7. The minimum absolute atomic E-state index is 0.0521. The second-order valence-corrected chi connectivity index (χ2v) is 5.97. The average Bonchev–Trinajstić information content (AvgIpc) is 2.58. The Morgan fingerprint density at radius 3 is 2.32 bits per heavy atom. The molecule has 22 heavy (non-hydrogen) atoms. The summed E-state index contributed by atoms with van der Waals surface area (Å²) in [7, 11) is 0. The third kappa shape index (κ3) is 3.42. The Morgan fingerprint density at radius 2 is 1.64 bits per heavy atom. The number of hydrogen-bond acceptors (Lipinski definition) is 2. The van der Waals surface area contributed by atoms with E-state index in [0.29, 0.717) is 10.7 Å². The van der Waals surface area contributed by atoms with Crippen LogP contribution in [0.25, 0.3) is 0 Å². The first kappa shape index (κ1) is 14.9. The number of anilines is 2. The van der Waals surface area contributed by atoms with Crippen LogP contribution in [0.1, 0.15) is 12.8 Å². The zero-order chi connectivity index (χ0) is 15.4. The largest absolute Gasteiger partial charge is 0.371 e. The maximum Gasteiger partial charge on any atom is 0.227 e. The van der Waals surface area contributed by atoms with Crippen LogP contribution in [0.5, 0.6) is 0 Å². The van der Waals surface area contributed by atoms with Crippen molar-refractivity contribution in [2.24, 2.45) is 5.92 Å². The molecule has 1 aliphatic heterocycles. The molecule has 1 amide bonds. The Bertz CT molecular complexity index is 637. The summed E-state index contributed by atoms with van der Waals surface area (Å²) in [6, 6.07) is 17.7. The molecule has 1 saturated heterocycles. The van der Waals surface area contributed by atoms with Crippen molar-refractivity contribution in [3.8, 4) is 0 Å². The van der Waals surface area contributed by atoms with Crippen LogP contribution in [-0.2, 0) is 4.79 Å². The number of benzene rings is 2. The van der Waals surface area contributed by atoms with Gasteiger partial charge in [-0.1, -0.05) is 41.9 Å². The van der Waals surface area contributed by atoms with Crippen LogP contribution < -0.4 is 10.2 Å². The molecule has 0 radical (unpaired) electrons. The summed E-state index contributed by atoms with van der Waals surface area (Å²) < 4.78 is 0. The van der Waals surface area contributed by atoms with E-state index in [4.69, 9.17) is 11.6 Å². The van der Waals surface area contributed by atoms with Gasteiger partial charge in [0, 0.05) is 24.7 Å². The molecule has 0 aromatic heterocycles. The lowest BCUT2D eigenvalue weighted by molar-refractivity contribution is -0.120. The van der Waals surface area contributed by atoms with Crippen molar-refractivity contribution >= 4 is 28.9 Å².